The van der Waals surface area contributed by atoms with Gasteiger partial charge in [0.15, 0.2) is 0 Å². The second-order valence-corrected chi connectivity index (χ2v) is 6.27. The molecule has 0 aromatic carbocycles. The fraction of sp³-hybridized carbons (Fsp3) is 0.438. The molecule has 0 radical (unpaired) electrons. The van der Waals surface area contributed by atoms with E-state index in [1.165, 1.54) is 16.3 Å². The van der Waals surface area contributed by atoms with Crippen molar-refractivity contribution in [3.05, 3.63) is 50.6 Å². The van der Waals surface area contributed by atoms with Crippen molar-refractivity contribution < 1.29 is 4.79 Å². The number of aromatic nitrogens is 2. The third-order valence-electron chi connectivity index (χ3n) is 3.96. The number of rotatable bonds is 4. The van der Waals surface area contributed by atoms with E-state index in [2.05, 4.69) is 16.5 Å². The Kier molecular flexibility index (Phi) is 4.38. The van der Waals surface area contributed by atoms with Crippen LogP contribution in [0.4, 0.5) is 0 Å². The average molecular weight is 317 g/mol. The smallest absolute Gasteiger partial charge is 0.274 e. The van der Waals surface area contributed by atoms with E-state index < -0.39 is 0 Å². The van der Waals surface area contributed by atoms with Crippen LogP contribution in [0.3, 0.4) is 0 Å². The molecule has 0 aliphatic carbocycles. The van der Waals surface area contributed by atoms with Gasteiger partial charge >= 0.3 is 0 Å². The maximum absolute atomic E-state index is 12.8. The molecule has 0 N–H and O–H groups in total. The van der Waals surface area contributed by atoms with Crippen LogP contribution in [-0.4, -0.2) is 27.1 Å². The molecule has 2 aromatic heterocycles. The third-order valence-corrected chi connectivity index (χ3v) is 4.66. The van der Waals surface area contributed by atoms with Crippen molar-refractivity contribution in [2.45, 2.75) is 38.8 Å². The molecule has 22 heavy (non-hydrogen) atoms. The molecule has 116 valence electrons. The number of hydrogen-bond donors (Lipinski definition) is 0. The Bertz CT molecular complexity index is 708. The van der Waals surface area contributed by atoms with Crippen molar-refractivity contribution in [3.8, 4) is 0 Å². The van der Waals surface area contributed by atoms with Crippen LogP contribution in [0.2, 0.25) is 0 Å². The van der Waals surface area contributed by atoms with Crippen molar-refractivity contribution in [2.75, 3.05) is 6.54 Å². The van der Waals surface area contributed by atoms with Gasteiger partial charge in [-0.1, -0.05) is 6.92 Å². The zero-order chi connectivity index (χ0) is 15.5. The number of aryl methyl sites for hydroxylation is 1. The second-order valence-electron chi connectivity index (χ2n) is 5.49. The minimum Gasteiger partial charge on any atom is -0.330 e. The molecule has 1 amide bonds. The largest absolute Gasteiger partial charge is 0.330 e. The van der Waals surface area contributed by atoms with E-state index in [0.717, 1.165) is 25.8 Å². The SMILES string of the molecule is CCCn1nc(C(=O)N2CCCC2c2ccsc2)ccc1=O. The Morgan fingerprint density at radius 3 is 3.00 bits per heavy atom. The fourth-order valence-electron chi connectivity index (χ4n) is 2.90. The molecule has 1 aliphatic rings. The third kappa shape index (κ3) is 2.83. The lowest BCUT2D eigenvalue weighted by Gasteiger charge is -2.24. The van der Waals surface area contributed by atoms with Crippen molar-refractivity contribution >= 4 is 17.2 Å². The molecule has 1 saturated heterocycles. The second kappa shape index (κ2) is 6.44. The van der Waals surface area contributed by atoms with Gasteiger partial charge in [0.1, 0.15) is 5.69 Å². The lowest BCUT2D eigenvalue weighted by Crippen LogP contribution is -2.33. The quantitative estimate of drug-likeness (QED) is 0.871. The number of carbonyl (C=O) groups excluding carboxylic acids is 1. The summed E-state index contributed by atoms with van der Waals surface area (Å²) in [6, 6.07) is 5.18. The Hall–Kier alpha value is -1.95. The first-order valence-electron chi connectivity index (χ1n) is 7.62. The topological polar surface area (TPSA) is 55.2 Å². The van der Waals surface area contributed by atoms with Gasteiger partial charge in [-0.3, -0.25) is 9.59 Å². The van der Waals surface area contributed by atoms with Gasteiger partial charge < -0.3 is 4.90 Å². The van der Waals surface area contributed by atoms with Crippen LogP contribution in [0.1, 0.15) is 48.3 Å². The van der Waals surface area contributed by atoms with Crippen molar-refractivity contribution in [1.82, 2.24) is 14.7 Å². The summed E-state index contributed by atoms with van der Waals surface area (Å²) in [6.07, 6.45) is 2.80. The van der Waals surface area contributed by atoms with E-state index in [1.54, 1.807) is 17.4 Å². The van der Waals surface area contributed by atoms with Gasteiger partial charge in [0.05, 0.1) is 6.04 Å². The molecule has 0 bridgehead atoms. The molecule has 3 heterocycles. The maximum Gasteiger partial charge on any atom is 0.274 e. The van der Waals surface area contributed by atoms with Gasteiger partial charge in [0, 0.05) is 19.2 Å². The maximum atomic E-state index is 12.8. The zero-order valence-corrected chi connectivity index (χ0v) is 13.4. The molecular weight excluding hydrogens is 298 g/mol. The Labute approximate surface area is 133 Å². The molecule has 2 aromatic rings. The molecule has 6 heteroatoms. The summed E-state index contributed by atoms with van der Waals surface area (Å²) in [5.41, 5.74) is 1.39. The summed E-state index contributed by atoms with van der Waals surface area (Å²) >= 11 is 1.65. The Balaban J connectivity index is 1.87. The minimum atomic E-state index is -0.158. The van der Waals surface area contributed by atoms with E-state index >= 15 is 0 Å². The summed E-state index contributed by atoms with van der Waals surface area (Å²) in [5, 5.41) is 8.37. The van der Waals surface area contributed by atoms with Crippen molar-refractivity contribution in [2.24, 2.45) is 0 Å². The predicted octanol–water partition coefficient (Wildman–Crippen LogP) is 2.69. The number of hydrogen-bond acceptors (Lipinski definition) is 4. The first kappa shape index (κ1) is 15.0. The van der Waals surface area contributed by atoms with Gasteiger partial charge in [-0.15, -0.1) is 0 Å². The highest BCUT2D eigenvalue weighted by molar-refractivity contribution is 7.07. The van der Waals surface area contributed by atoms with Gasteiger partial charge in [0.2, 0.25) is 0 Å². The Morgan fingerprint density at radius 2 is 2.27 bits per heavy atom. The first-order chi connectivity index (χ1) is 10.7. The lowest BCUT2D eigenvalue weighted by molar-refractivity contribution is 0.0727. The number of carbonyl (C=O) groups is 1. The van der Waals surface area contributed by atoms with E-state index in [-0.39, 0.29) is 17.5 Å². The van der Waals surface area contributed by atoms with Crippen LogP contribution in [0.25, 0.3) is 0 Å². The molecular formula is C16H19N3O2S. The van der Waals surface area contributed by atoms with Gasteiger partial charge in [-0.05, 0) is 47.7 Å². The zero-order valence-electron chi connectivity index (χ0n) is 12.6. The van der Waals surface area contributed by atoms with E-state index in [9.17, 15) is 9.59 Å². The molecule has 0 spiro atoms. The minimum absolute atomic E-state index is 0.0847. The summed E-state index contributed by atoms with van der Waals surface area (Å²) < 4.78 is 1.38. The highest BCUT2D eigenvalue weighted by Gasteiger charge is 2.31. The summed E-state index contributed by atoms with van der Waals surface area (Å²) in [4.78, 5) is 26.4. The lowest BCUT2D eigenvalue weighted by atomic mass is 10.1. The summed E-state index contributed by atoms with van der Waals surface area (Å²) in [7, 11) is 0. The molecule has 1 atom stereocenters. The molecule has 0 saturated carbocycles. The normalized spacial score (nSPS) is 17.9. The molecule has 5 nitrogen and oxygen atoms in total. The van der Waals surface area contributed by atoms with Crippen molar-refractivity contribution in [3.63, 3.8) is 0 Å². The molecule has 1 aliphatic heterocycles. The highest BCUT2D eigenvalue weighted by atomic mass is 32.1. The van der Waals surface area contributed by atoms with E-state index in [4.69, 9.17) is 0 Å². The predicted molar refractivity (Wildman–Crippen MR) is 86.1 cm³/mol. The molecule has 3 rings (SSSR count). The fourth-order valence-corrected chi connectivity index (χ4v) is 3.61. The van der Waals surface area contributed by atoms with Crippen LogP contribution >= 0.6 is 11.3 Å². The molecule has 1 fully saturated rings. The van der Waals surface area contributed by atoms with Crippen LogP contribution < -0.4 is 5.56 Å². The molecule has 1 unspecified atom stereocenters. The van der Waals surface area contributed by atoms with Crippen LogP contribution in [-0.2, 0) is 6.54 Å². The van der Waals surface area contributed by atoms with E-state index in [0.29, 0.717) is 12.2 Å². The highest BCUT2D eigenvalue weighted by Crippen LogP contribution is 2.33. The standard InChI is InChI=1S/C16H19N3O2S/c1-2-8-19-15(20)6-5-13(17-19)16(21)18-9-3-4-14(18)12-7-10-22-11-12/h5-7,10-11,14H,2-4,8-9H2,1H3. The van der Waals surface area contributed by atoms with Crippen LogP contribution in [0, 0.1) is 0 Å². The summed E-state index contributed by atoms with van der Waals surface area (Å²) in [6.45, 7) is 3.26. The van der Waals surface area contributed by atoms with Crippen LogP contribution in [0.5, 0.6) is 0 Å². The number of amides is 1. The monoisotopic (exact) mass is 317 g/mol. The average Bonchev–Trinajstić information content (AvgIpc) is 3.19. The number of likely N-dealkylation sites (tertiary alicyclic amines) is 1. The van der Waals surface area contributed by atoms with E-state index in [1.807, 2.05) is 17.2 Å². The summed E-state index contributed by atoms with van der Waals surface area (Å²) in [5.74, 6) is -0.0847. The number of thiophene rings is 1. The number of nitrogens with zero attached hydrogens (tertiary/aromatic N) is 3. The van der Waals surface area contributed by atoms with Gasteiger partial charge in [-0.25, -0.2) is 4.68 Å². The first-order valence-corrected chi connectivity index (χ1v) is 8.56. The Morgan fingerprint density at radius 1 is 1.41 bits per heavy atom. The van der Waals surface area contributed by atoms with Crippen LogP contribution in [0.15, 0.2) is 33.8 Å². The van der Waals surface area contributed by atoms with Crippen molar-refractivity contribution in [1.29, 1.82) is 0 Å². The van der Waals surface area contributed by atoms with Gasteiger partial charge in [0.25, 0.3) is 11.5 Å². The van der Waals surface area contributed by atoms with Gasteiger partial charge in [-0.2, -0.15) is 16.4 Å².